The summed E-state index contributed by atoms with van der Waals surface area (Å²) in [7, 11) is 0. The first-order valence-electron chi connectivity index (χ1n) is 3.67. The summed E-state index contributed by atoms with van der Waals surface area (Å²) in [5.74, 6) is 0. The molecule has 1 N–H and O–H groups in total. The van der Waals surface area contributed by atoms with Crippen LogP contribution in [0.3, 0.4) is 0 Å². The first-order chi connectivity index (χ1) is 5.04. The molecule has 0 aromatic heterocycles. The largest absolute Gasteiger partial charge is 0.311 e. The van der Waals surface area contributed by atoms with Gasteiger partial charge < -0.3 is 5.32 Å². The van der Waals surface area contributed by atoms with Gasteiger partial charge in [-0.05, 0) is 6.42 Å². The molecule has 0 aliphatic heterocycles. The number of hydrogen-bond donors (Lipinski definition) is 1. The van der Waals surface area contributed by atoms with Crippen molar-refractivity contribution in [1.82, 2.24) is 5.32 Å². The van der Waals surface area contributed by atoms with Gasteiger partial charge in [0.1, 0.15) is 6.17 Å². The molecule has 4 heteroatoms. The summed E-state index contributed by atoms with van der Waals surface area (Å²) < 4.78 is 35.6. The highest BCUT2D eigenvalue weighted by Gasteiger charge is 2.50. The topological polar surface area (TPSA) is 12.0 Å². The molecule has 0 spiro atoms. The Labute approximate surface area is 64.0 Å². The standard InChI is InChI=1S/C7H12F3N/c1-7(2-5(7)8)4-11-3-6(9)10/h5-6,11H,2-4H2,1H3. The highest BCUT2D eigenvalue weighted by molar-refractivity contribution is 5.01. The molecule has 0 heterocycles. The highest BCUT2D eigenvalue weighted by Crippen LogP contribution is 2.47. The molecule has 0 amide bonds. The van der Waals surface area contributed by atoms with Crippen LogP contribution in [0.25, 0.3) is 0 Å². The lowest BCUT2D eigenvalue weighted by Crippen LogP contribution is -2.28. The van der Waals surface area contributed by atoms with E-state index in [9.17, 15) is 13.2 Å². The smallest absolute Gasteiger partial charge is 0.250 e. The average Bonchev–Trinajstić information content (AvgIpc) is 2.39. The second-order valence-electron chi connectivity index (χ2n) is 3.35. The van der Waals surface area contributed by atoms with Crippen molar-refractivity contribution in [1.29, 1.82) is 0 Å². The lowest BCUT2D eigenvalue weighted by Gasteiger charge is -2.08. The van der Waals surface area contributed by atoms with E-state index < -0.39 is 12.6 Å². The van der Waals surface area contributed by atoms with Crippen molar-refractivity contribution in [3.63, 3.8) is 0 Å². The predicted octanol–water partition coefficient (Wildman–Crippen LogP) is 1.59. The predicted molar refractivity (Wildman–Crippen MR) is 36.5 cm³/mol. The van der Waals surface area contributed by atoms with E-state index in [1.54, 1.807) is 6.92 Å². The van der Waals surface area contributed by atoms with Crippen LogP contribution < -0.4 is 5.32 Å². The van der Waals surface area contributed by atoms with Crippen LogP contribution >= 0.6 is 0 Å². The molecule has 0 radical (unpaired) electrons. The normalized spacial score (nSPS) is 36.3. The van der Waals surface area contributed by atoms with Gasteiger partial charge in [-0.3, -0.25) is 0 Å². The minimum absolute atomic E-state index is 0.331. The Kier molecular flexibility index (Phi) is 2.42. The van der Waals surface area contributed by atoms with Gasteiger partial charge in [0.2, 0.25) is 0 Å². The molecule has 2 atom stereocenters. The number of alkyl halides is 3. The molecule has 1 aliphatic carbocycles. The van der Waals surface area contributed by atoms with E-state index in [2.05, 4.69) is 5.32 Å². The average molecular weight is 167 g/mol. The molecule has 2 unspecified atom stereocenters. The molecular formula is C7H12F3N. The van der Waals surface area contributed by atoms with Crippen LogP contribution in [0.1, 0.15) is 13.3 Å². The maximum atomic E-state index is 12.5. The number of rotatable bonds is 4. The Morgan fingerprint density at radius 1 is 1.64 bits per heavy atom. The van der Waals surface area contributed by atoms with Gasteiger partial charge in [0.05, 0.1) is 6.54 Å². The van der Waals surface area contributed by atoms with Crippen molar-refractivity contribution < 1.29 is 13.2 Å². The minimum Gasteiger partial charge on any atom is -0.311 e. The zero-order valence-electron chi connectivity index (χ0n) is 6.41. The summed E-state index contributed by atoms with van der Waals surface area (Å²) in [5.41, 5.74) is -0.366. The van der Waals surface area contributed by atoms with Crippen LogP contribution in [0.5, 0.6) is 0 Å². The third-order valence-electron chi connectivity index (χ3n) is 2.07. The highest BCUT2D eigenvalue weighted by atomic mass is 19.3. The fourth-order valence-corrected chi connectivity index (χ4v) is 1.00. The summed E-state index contributed by atoms with van der Waals surface area (Å²) in [4.78, 5) is 0. The number of hydrogen-bond acceptors (Lipinski definition) is 1. The fraction of sp³-hybridized carbons (Fsp3) is 1.00. The molecule has 0 aromatic rings. The van der Waals surface area contributed by atoms with Crippen molar-refractivity contribution in [3.05, 3.63) is 0 Å². The maximum Gasteiger partial charge on any atom is 0.250 e. The molecule has 1 rings (SSSR count). The Morgan fingerprint density at radius 3 is 2.55 bits per heavy atom. The van der Waals surface area contributed by atoms with Crippen molar-refractivity contribution in [2.24, 2.45) is 5.41 Å². The van der Waals surface area contributed by atoms with Gasteiger partial charge in [-0.1, -0.05) is 6.92 Å². The monoisotopic (exact) mass is 167 g/mol. The van der Waals surface area contributed by atoms with Crippen LogP contribution in [-0.2, 0) is 0 Å². The van der Waals surface area contributed by atoms with E-state index in [-0.39, 0.29) is 12.0 Å². The zero-order valence-corrected chi connectivity index (χ0v) is 6.41. The summed E-state index contributed by atoms with van der Waals surface area (Å²) in [6.45, 7) is 1.79. The molecular weight excluding hydrogens is 155 g/mol. The van der Waals surface area contributed by atoms with Gasteiger partial charge in [-0.2, -0.15) is 0 Å². The van der Waals surface area contributed by atoms with Gasteiger partial charge in [0.15, 0.2) is 0 Å². The Balaban J connectivity index is 2.04. The summed E-state index contributed by atoms with van der Waals surface area (Å²) in [6.07, 6.45) is -2.63. The first-order valence-corrected chi connectivity index (χ1v) is 3.67. The number of halogens is 3. The van der Waals surface area contributed by atoms with Crippen molar-refractivity contribution >= 4 is 0 Å². The summed E-state index contributed by atoms with van der Waals surface area (Å²) >= 11 is 0. The summed E-state index contributed by atoms with van der Waals surface area (Å²) in [6, 6.07) is 0. The second kappa shape index (κ2) is 3.01. The molecule has 1 aliphatic rings. The Morgan fingerprint density at radius 2 is 2.18 bits per heavy atom. The van der Waals surface area contributed by atoms with Gasteiger partial charge in [-0.25, -0.2) is 13.2 Å². The molecule has 1 saturated carbocycles. The van der Waals surface area contributed by atoms with E-state index in [1.807, 2.05) is 0 Å². The molecule has 1 fully saturated rings. The van der Waals surface area contributed by atoms with E-state index in [1.165, 1.54) is 0 Å². The minimum atomic E-state index is -2.34. The molecule has 11 heavy (non-hydrogen) atoms. The molecule has 0 bridgehead atoms. The van der Waals surface area contributed by atoms with Crippen LogP contribution in [0.4, 0.5) is 13.2 Å². The number of nitrogens with one attached hydrogen (secondary N) is 1. The van der Waals surface area contributed by atoms with Crippen molar-refractivity contribution in [2.45, 2.75) is 25.9 Å². The van der Waals surface area contributed by atoms with E-state index in [0.717, 1.165) is 0 Å². The lowest BCUT2D eigenvalue weighted by atomic mass is 10.1. The summed E-state index contributed by atoms with van der Waals surface area (Å²) in [5, 5.41) is 2.53. The third-order valence-corrected chi connectivity index (χ3v) is 2.07. The maximum absolute atomic E-state index is 12.5. The van der Waals surface area contributed by atoms with Gasteiger partial charge in [-0.15, -0.1) is 0 Å². The van der Waals surface area contributed by atoms with Crippen LogP contribution in [0, 0.1) is 5.41 Å². The van der Waals surface area contributed by atoms with Gasteiger partial charge >= 0.3 is 0 Å². The molecule has 1 nitrogen and oxygen atoms in total. The van der Waals surface area contributed by atoms with E-state index >= 15 is 0 Å². The molecule has 0 aromatic carbocycles. The fourth-order valence-electron chi connectivity index (χ4n) is 1.00. The van der Waals surface area contributed by atoms with Gasteiger partial charge in [0.25, 0.3) is 6.43 Å². The Hall–Kier alpha value is -0.250. The van der Waals surface area contributed by atoms with Crippen molar-refractivity contribution in [3.8, 4) is 0 Å². The third kappa shape index (κ3) is 2.36. The van der Waals surface area contributed by atoms with Crippen molar-refractivity contribution in [2.75, 3.05) is 13.1 Å². The second-order valence-corrected chi connectivity index (χ2v) is 3.35. The van der Waals surface area contributed by atoms with Gasteiger partial charge in [0, 0.05) is 12.0 Å². The van der Waals surface area contributed by atoms with E-state index in [0.29, 0.717) is 13.0 Å². The first kappa shape index (κ1) is 8.84. The Bertz CT molecular complexity index is 140. The van der Waals surface area contributed by atoms with E-state index in [4.69, 9.17) is 0 Å². The lowest BCUT2D eigenvalue weighted by molar-refractivity contribution is 0.143. The molecule has 0 saturated heterocycles. The van der Waals surface area contributed by atoms with Crippen LogP contribution in [0.15, 0.2) is 0 Å². The quantitative estimate of drug-likeness (QED) is 0.670. The SMILES string of the molecule is CC1(CNCC(F)F)CC1F. The van der Waals surface area contributed by atoms with Crippen LogP contribution in [-0.4, -0.2) is 25.7 Å². The van der Waals surface area contributed by atoms with Crippen LogP contribution in [0.2, 0.25) is 0 Å². The molecule has 66 valence electrons. The zero-order chi connectivity index (χ0) is 8.48.